The van der Waals surface area contributed by atoms with Gasteiger partial charge in [-0.25, -0.2) is 0 Å². The molecule has 2 saturated heterocycles. The van der Waals surface area contributed by atoms with Crippen LogP contribution < -0.4 is 0 Å². The number of thioether (sulfide) groups is 1. The highest BCUT2D eigenvalue weighted by Gasteiger charge is 2.58. The number of nitrogens with zero attached hydrogens (tertiary/aromatic N) is 2. The monoisotopic (exact) mass is 348 g/mol. The summed E-state index contributed by atoms with van der Waals surface area (Å²) in [4.78, 5) is 15.7. The Balaban J connectivity index is 1.78. The van der Waals surface area contributed by atoms with Crippen LogP contribution in [0.2, 0.25) is 0 Å². The lowest BCUT2D eigenvalue weighted by Crippen LogP contribution is -2.64. The molecule has 1 spiro atoms. The third-order valence-electron chi connectivity index (χ3n) is 6.77. The summed E-state index contributed by atoms with van der Waals surface area (Å²) in [7, 11) is 0. The number of rotatable bonds is 7. The van der Waals surface area contributed by atoms with Crippen molar-refractivity contribution in [2.45, 2.75) is 102 Å². The zero-order valence-electron chi connectivity index (χ0n) is 15.1. The zero-order chi connectivity index (χ0) is 17.0. The second-order valence-electron chi connectivity index (χ2n) is 8.08. The molecule has 3 aliphatic rings. The summed E-state index contributed by atoms with van der Waals surface area (Å²) in [5, 5.41) is 11.3. The Morgan fingerprint density at radius 1 is 1.21 bits per heavy atom. The van der Waals surface area contributed by atoms with E-state index in [0.717, 1.165) is 18.6 Å². The van der Waals surface area contributed by atoms with Gasteiger partial charge in [-0.2, -0.15) is 5.26 Å². The summed E-state index contributed by atoms with van der Waals surface area (Å²) in [6.45, 7) is 2.25. The number of piperidine rings is 1. The fraction of sp³-hybridized carbons (Fsp3) is 0.900. The molecule has 2 heterocycles. The Labute approximate surface area is 151 Å². The van der Waals surface area contributed by atoms with E-state index in [9.17, 15) is 4.79 Å². The summed E-state index contributed by atoms with van der Waals surface area (Å²) in [5.41, 5.74) is 0.156. The Kier molecular flexibility index (Phi) is 6.27. The number of Topliss-reactive ketones (excluding diaryl/α,β-unsaturated/α-hetero) is 1. The average Bonchev–Trinajstić information content (AvgIpc) is 2.95. The van der Waals surface area contributed by atoms with E-state index in [1.54, 1.807) is 0 Å². The van der Waals surface area contributed by atoms with E-state index in [2.05, 4.69) is 17.2 Å². The van der Waals surface area contributed by atoms with Crippen molar-refractivity contribution in [1.29, 1.82) is 5.26 Å². The van der Waals surface area contributed by atoms with E-state index in [-0.39, 0.29) is 11.5 Å². The van der Waals surface area contributed by atoms with Crippen LogP contribution in [0.25, 0.3) is 0 Å². The van der Waals surface area contributed by atoms with Gasteiger partial charge in [0.15, 0.2) is 0 Å². The number of nitriles is 1. The van der Waals surface area contributed by atoms with Crippen molar-refractivity contribution in [3.05, 3.63) is 0 Å². The normalized spacial score (nSPS) is 36.2. The SMILES string of the molecule is CCCCCC[C@H]1CC(=O)[C@H]2CCCC[C@@]23CC[C@H](CSC#N)N13. The maximum atomic E-state index is 12.9. The number of ketones is 1. The van der Waals surface area contributed by atoms with E-state index in [0.29, 0.717) is 17.9 Å². The van der Waals surface area contributed by atoms with E-state index in [1.807, 2.05) is 0 Å². The minimum absolute atomic E-state index is 0.156. The molecule has 134 valence electrons. The van der Waals surface area contributed by atoms with E-state index in [4.69, 9.17) is 5.26 Å². The van der Waals surface area contributed by atoms with Crippen molar-refractivity contribution < 1.29 is 4.79 Å². The Morgan fingerprint density at radius 2 is 2.08 bits per heavy atom. The molecular formula is C20H32N2OS. The molecule has 0 aromatic heterocycles. The smallest absolute Gasteiger partial charge is 0.139 e. The third kappa shape index (κ3) is 3.40. The molecule has 4 atom stereocenters. The minimum atomic E-state index is 0.156. The maximum Gasteiger partial charge on any atom is 0.139 e. The molecule has 24 heavy (non-hydrogen) atoms. The summed E-state index contributed by atoms with van der Waals surface area (Å²) in [5.74, 6) is 1.76. The van der Waals surface area contributed by atoms with Gasteiger partial charge in [0.05, 0.1) is 0 Å². The summed E-state index contributed by atoms with van der Waals surface area (Å²) < 4.78 is 0. The third-order valence-corrected chi connectivity index (χ3v) is 7.45. The maximum absolute atomic E-state index is 12.9. The minimum Gasteiger partial charge on any atom is -0.299 e. The molecule has 3 nitrogen and oxygen atoms in total. The zero-order valence-corrected chi connectivity index (χ0v) is 16.0. The van der Waals surface area contributed by atoms with Gasteiger partial charge >= 0.3 is 0 Å². The fourth-order valence-electron chi connectivity index (χ4n) is 5.82. The van der Waals surface area contributed by atoms with Crippen LogP contribution >= 0.6 is 11.8 Å². The standard InChI is InChI=1S/C20H32N2OS/c1-2-3-4-5-8-16-13-19(23)18-9-6-7-11-20(18)12-10-17(22(16)20)14-24-15-21/h16-18H,2-14H2,1H3/t16-,17+,18+,20+/m0/s1. The molecule has 0 bridgehead atoms. The molecule has 2 aliphatic heterocycles. The van der Waals surface area contributed by atoms with Gasteiger partial charge in [-0.15, -0.1) is 0 Å². The summed E-state index contributed by atoms with van der Waals surface area (Å²) in [6.07, 6.45) is 14.3. The predicted octanol–water partition coefficient (Wildman–Crippen LogP) is 4.91. The number of carbonyl (C=O) groups excluding carboxylic acids is 1. The first-order valence-electron chi connectivity index (χ1n) is 10.0. The average molecular weight is 349 g/mol. The molecule has 0 aromatic carbocycles. The van der Waals surface area contributed by atoms with Crippen LogP contribution in [0.3, 0.4) is 0 Å². The van der Waals surface area contributed by atoms with Crippen molar-refractivity contribution in [2.75, 3.05) is 5.75 Å². The number of hydrogen-bond donors (Lipinski definition) is 0. The molecule has 0 N–H and O–H groups in total. The van der Waals surface area contributed by atoms with E-state index < -0.39 is 0 Å². The first-order valence-corrected chi connectivity index (χ1v) is 11.0. The highest BCUT2D eigenvalue weighted by atomic mass is 32.2. The molecule has 1 aliphatic carbocycles. The first kappa shape index (κ1) is 18.3. The van der Waals surface area contributed by atoms with Crippen molar-refractivity contribution in [3.63, 3.8) is 0 Å². The van der Waals surface area contributed by atoms with Gasteiger partial charge < -0.3 is 0 Å². The van der Waals surface area contributed by atoms with Gasteiger partial charge in [-0.1, -0.05) is 45.4 Å². The quantitative estimate of drug-likeness (QED) is 0.484. The Morgan fingerprint density at radius 3 is 2.88 bits per heavy atom. The molecule has 3 fully saturated rings. The predicted molar refractivity (Wildman–Crippen MR) is 99.8 cm³/mol. The number of carbonyl (C=O) groups is 1. The van der Waals surface area contributed by atoms with Gasteiger partial charge in [0, 0.05) is 35.7 Å². The lowest BCUT2D eigenvalue weighted by atomic mass is 9.65. The molecule has 3 rings (SSSR count). The fourth-order valence-corrected chi connectivity index (χ4v) is 6.41. The molecular weight excluding hydrogens is 316 g/mol. The number of hydrogen-bond acceptors (Lipinski definition) is 4. The molecule has 1 saturated carbocycles. The number of unbranched alkanes of at least 4 members (excludes halogenated alkanes) is 3. The second-order valence-corrected chi connectivity index (χ2v) is 8.88. The van der Waals surface area contributed by atoms with Crippen LogP contribution in [-0.2, 0) is 4.79 Å². The summed E-state index contributed by atoms with van der Waals surface area (Å²) in [6, 6.07) is 0.954. The van der Waals surface area contributed by atoms with Crippen LogP contribution in [0, 0.1) is 16.6 Å². The van der Waals surface area contributed by atoms with Gasteiger partial charge in [-0.3, -0.25) is 9.69 Å². The topological polar surface area (TPSA) is 44.1 Å². The molecule has 0 aromatic rings. The van der Waals surface area contributed by atoms with Crippen molar-refractivity contribution in [2.24, 2.45) is 5.92 Å². The molecule has 0 unspecified atom stereocenters. The van der Waals surface area contributed by atoms with Gasteiger partial charge in [-0.05, 0) is 43.9 Å². The van der Waals surface area contributed by atoms with E-state index >= 15 is 0 Å². The van der Waals surface area contributed by atoms with Gasteiger partial charge in [0.25, 0.3) is 0 Å². The lowest BCUT2D eigenvalue weighted by molar-refractivity contribution is -0.142. The Bertz CT molecular complexity index is 489. The first-order chi connectivity index (χ1) is 11.7. The highest BCUT2D eigenvalue weighted by molar-refractivity contribution is 8.03. The van der Waals surface area contributed by atoms with Crippen molar-refractivity contribution >= 4 is 17.5 Å². The Hall–Kier alpha value is -0.530. The van der Waals surface area contributed by atoms with Crippen molar-refractivity contribution in [3.8, 4) is 5.40 Å². The lowest BCUT2D eigenvalue weighted by Gasteiger charge is -2.55. The van der Waals surface area contributed by atoms with Crippen LogP contribution in [-0.4, -0.2) is 34.1 Å². The highest BCUT2D eigenvalue weighted by Crippen LogP contribution is 2.53. The molecule has 0 radical (unpaired) electrons. The van der Waals surface area contributed by atoms with Gasteiger partial charge in [0.1, 0.15) is 11.2 Å². The van der Waals surface area contributed by atoms with Crippen LogP contribution in [0.5, 0.6) is 0 Å². The van der Waals surface area contributed by atoms with E-state index in [1.165, 1.54) is 76.0 Å². The van der Waals surface area contributed by atoms with Crippen LogP contribution in [0.1, 0.15) is 84.0 Å². The van der Waals surface area contributed by atoms with Crippen LogP contribution in [0.15, 0.2) is 0 Å². The summed E-state index contributed by atoms with van der Waals surface area (Å²) >= 11 is 1.41. The largest absolute Gasteiger partial charge is 0.299 e. The molecule has 0 amide bonds. The number of thiocyanates is 1. The van der Waals surface area contributed by atoms with Crippen LogP contribution in [0.4, 0.5) is 0 Å². The van der Waals surface area contributed by atoms with Gasteiger partial charge in [0.2, 0.25) is 0 Å². The van der Waals surface area contributed by atoms with Crippen molar-refractivity contribution in [1.82, 2.24) is 4.90 Å². The molecule has 4 heteroatoms. The second kappa shape index (κ2) is 8.23.